The molecule has 0 bridgehead atoms. The molecule has 1 saturated heterocycles. The number of hydrogen-bond acceptors (Lipinski definition) is 3. The second-order valence-corrected chi connectivity index (χ2v) is 8.29. The van der Waals surface area contributed by atoms with E-state index in [1.165, 1.54) is 12.1 Å². The number of nitrogens with zero attached hydrogens (tertiary/aromatic N) is 1. The lowest BCUT2D eigenvalue weighted by atomic mass is 10.1. The molecule has 1 aromatic carbocycles. The van der Waals surface area contributed by atoms with Gasteiger partial charge in [-0.15, -0.1) is 0 Å². The minimum atomic E-state index is -3.49. The Morgan fingerprint density at radius 3 is 2.62 bits per heavy atom. The van der Waals surface area contributed by atoms with Crippen molar-refractivity contribution in [2.45, 2.75) is 37.1 Å². The largest absolute Gasteiger partial charge is 0.303 e. The van der Waals surface area contributed by atoms with Crippen molar-refractivity contribution in [2.75, 3.05) is 19.6 Å². The quantitative estimate of drug-likeness (QED) is 0.832. The number of benzene rings is 1. The van der Waals surface area contributed by atoms with Crippen molar-refractivity contribution in [3.8, 4) is 0 Å². The van der Waals surface area contributed by atoms with Crippen LogP contribution in [0, 0.1) is 0 Å². The van der Waals surface area contributed by atoms with E-state index in [0.29, 0.717) is 9.50 Å². The topological polar surface area (TPSA) is 49.4 Å². The third-order valence-corrected chi connectivity index (χ3v) is 6.38. The van der Waals surface area contributed by atoms with Gasteiger partial charge < -0.3 is 4.90 Å². The van der Waals surface area contributed by atoms with E-state index in [1.54, 1.807) is 6.07 Å². The van der Waals surface area contributed by atoms with Crippen LogP contribution in [0.2, 0.25) is 5.02 Å². The van der Waals surface area contributed by atoms with Gasteiger partial charge in [-0.25, -0.2) is 13.1 Å². The van der Waals surface area contributed by atoms with E-state index in [2.05, 4.69) is 32.5 Å². The maximum atomic E-state index is 12.4. The molecule has 0 amide bonds. The molecule has 0 spiro atoms. The van der Waals surface area contributed by atoms with Crippen LogP contribution in [0.15, 0.2) is 27.6 Å². The zero-order valence-electron chi connectivity index (χ0n) is 12.0. The summed E-state index contributed by atoms with van der Waals surface area (Å²) >= 11 is 9.16. The second kappa shape index (κ2) is 7.42. The van der Waals surface area contributed by atoms with Gasteiger partial charge in [0.15, 0.2) is 0 Å². The second-order valence-electron chi connectivity index (χ2n) is 5.31. The molecule has 21 heavy (non-hydrogen) atoms. The Morgan fingerprint density at radius 1 is 1.38 bits per heavy atom. The third-order valence-electron chi connectivity index (χ3n) is 3.65. The molecular formula is C14H20BrClN2O2S. The van der Waals surface area contributed by atoms with E-state index >= 15 is 0 Å². The molecule has 0 radical (unpaired) electrons. The fourth-order valence-corrected chi connectivity index (χ4v) is 4.50. The maximum absolute atomic E-state index is 12.4. The lowest BCUT2D eigenvalue weighted by Crippen LogP contribution is -2.44. The first-order chi connectivity index (χ1) is 9.92. The highest BCUT2D eigenvalue weighted by molar-refractivity contribution is 9.10. The van der Waals surface area contributed by atoms with E-state index in [9.17, 15) is 8.42 Å². The van der Waals surface area contributed by atoms with Crippen LogP contribution in [0.5, 0.6) is 0 Å². The molecule has 118 valence electrons. The molecular weight excluding hydrogens is 376 g/mol. The zero-order valence-corrected chi connectivity index (χ0v) is 15.1. The van der Waals surface area contributed by atoms with Crippen LogP contribution < -0.4 is 4.72 Å². The Labute approximate surface area is 140 Å². The number of hydrogen-bond donors (Lipinski definition) is 1. The molecule has 1 heterocycles. The highest BCUT2D eigenvalue weighted by Crippen LogP contribution is 2.25. The number of nitrogens with one attached hydrogen (secondary N) is 1. The van der Waals surface area contributed by atoms with Crippen LogP contribution in [0.4, 0.5) is 0 Å². The minimum Gasteiger partial charge on any atom is -0.303 e. The lowest BCUT2D eigenvalue weighted by molar-refractivity contribution is 0.208. The van der Waals surface area contributed by atoms with Crippen LogP contribution in [-0.2, 0) is 10.0 Å². The molecule has 1 fully saturated rings. The molecule has 1 aliphatic heterocycles. The number of likely N-dealkylation sites (tertiary alicyclic amines) is 1. The third kappa shape index (κ3) is 4.66. The van der Waals surface area contributed by atoms with E-state index in [1.807, 2.05) is 0 Å². The molecule has 0 saturated carbocycles. The van der Waals surface area contributed by atoms with Gasteiger partial charge in [0.2, 0.25) is 10.0 Å². The molecule has 0 atom stereocenters. The monoisotopic (exact) mass is 394 g/mol. The summed E-state index contributed by atoms with van der Waals surface area (Å²) in [5, 5.41) is 0.502. The van der Waals surface area contributed by atoms with Crippen molar-refractivity contribution in [1.82, 2.24) is 9.62 Å². The van der Waals surface area contributed by atoms with Gasteiger partial charge in [0.05, 0.1) is 9.92 Å². The van der Waals surface area contributed by atoms with Crippen LogP contribution in [0.1, 0.15) is 26.2 Å². The summed E-state index contributed by atoms with van der Waals surface area (Å²) in [6.45, 7) is 5.15. The standard InChI is InChI=1S/C14H20BrClN2O2S/c1-2-7-18-8-5-11(6-9-18)17-21(19,20)12-3-4-14(16)13(15)10-12/h3-4,10-11,17H,2,5-9H2,1H3. The number of piperidine rings is 1. The number of sulfonamides is 1. The van der Waals surface area contributed by atoms with E-state index in [0.717, 1.165) is 38.9 Å². The molecule has 1 aliphatic rings. The number of halogens is 2. The number of rotatable bonds is 5. The summed E-state index contributed by atoms with van der Waals surface area (Å²) in [6.07, 6.45) is 2.84. The Bertz CT molecular complexity index is 587. The minimum absolute atomic E-state index is 0.0116. The van der Waals surface area contributed by atoms with Crippen LogP contribution in [0.3, 0.4) is 0 Å². The van der Waals surface area contributed by atoms with Crippen molar-refractivity contribution in [3.63, 3.8) is 0 Å². The summed E-state index contributed by atoms with van der Waals surface area (Å²) in [7, 11) is -3.49. The molecule has 1 N–H and O–H groups in total. The first-order valence-electron chi connectivity index (χ1n) is 7.12. The van der Waals surface area contributed by atoms with Gasteiger partial charge in [0.25, 0.3) is 0 Å². The molecule has 2 rings (SSSR count). The van der Waals surface area contributed by atoms with Gasteiger partial charge in [-0.2, -0.15) is 0 Å². The highest BCUT2D eigenvalue weighted by Gasteiger charge is 2.24. The summed E-state index contributed by atoms with van der Waals surface area (Å²) in [5.41, 5.74) is 0. The molecule has 4 nitrogen and oxygen atoms in total. The average molecular weight is 396 g/mol. The lowest BCUT2D eigenvalue weighted by Gasteiger charge is -2.31. The molecule has 7 heteroatoms. The van der Waals surface area contributed by atoms with Gasteiger partial charge in [0.1, 0.15) is 0 Å². The van der Waals surface area contributed by atoms with Gasteiger partial charge in [-0.3, -0.25) is 0 Å². The highest BCUT2D eigenvalue weighted by atomic mass is 79.9. The Hall–Kier alpha value is -0.140. The van der Waals surface area contributed by atoms with Crippen LogP contribution in [0.25, 0.3) is 0 Å². The van der Waals surface area contributed by atoms with Gasteiger partial charge >= 0.3 is 0 Å². The first-order valence-corrected chi connectivity index (χ1v) is 9.77. The predicted octanol–water partition coefficient (Wildman–Crippen LogP) is 3.26. The first kappa shape index (κ1) is 17.2. The fraction of sp³-hybridized carbons (Fsp3) is 0.571. The van der Waals surface area contributed by atoms with Crippen LogP contribution >= 0.6 is 27.5 Å². The van der Waals surface area contributed by atoms with Crippen LogP contribution in [-0.4, -0.2) is 39.0 Å². The summed E-state index contributed by atoms with van der Waals surface area (Å²) in [6, 6.07) is 4.67. The van der Waals surface area contributed by atoms with E-state index in [4.69, 9.17) is 11.6 Å². The molecule has 0 aromatic heterocycles. The normalized spacial score (nSPS) is 18.0. The predicted molar refractivity (Wildman–Crippen MR) is 89.2 cm³/mol. The van der Waals surface area contributed by atoms with Gasteiger partial charge in [0, 0.05) is 10.5 Å². The van der Waals surface area contributed by atoms with Crippen molar-refractivity contribution in [3.05, 3.63) is 27.7 Å². The SMILES string of the molecule is CCCN1CCC(NS(=O)(=O)c2ccc(Cl)c(Br)c2)CC1. The smallest absolute Gasteiger partial charge is 0.240 e. The average Bonchev–Trinajstić information content (AvgIpc) is 2.44. The van der Waals surface area contributed by atoms with Gasteiger partial charge in [-0.1, -0.05) is 18.5 Å². The fourth-order valence-electron chi connectivity index (χ4n) is 2.52. The summed E-state index contributed by atoms with van der Waals surface area (Å²) < 4.78 is 28.2. The van der Waals surface area contributed by atoms with Crippen molar-refractivity contribution < 1.29 is 8.42 Å². The maximum Gasteiger partial charge on any atom is 0.240 e. The zero-order chi connectivity index (χ0) is 15.5. The Morgan fingerprint density at radius 2 is 2.05 bits per heavy atom. The van der Waals surface area contributed by atoms with E-state index in [-0.39, 0.29) is 10.9 Å². The van der Waals surface area contributed by atoms with Crippen molar-refractivity contribution in [1.29, 1.82) is 0 Å². The van der Waals surface area contributed by atoms with Gasteiger partial charge in [-0.05, 0) is 73.0 Å². The van der Waals surface area contributed by atoms with Crippen molar-refractivity contribution in [2.24, 2.45) is 0 Å². The molecule has 0 unspecified atom stereocenters. The van der Waals surface area contributed by atoms with E-state index < -0.39 is 10.0 Å². The molecule has 1 aromatic rings. The Kier molecular flexibility index (Phi) is 6.08. The molecule has 0 aliphatic carbocycles. The summed E-state index contributed by atoms with van der Waals surface area (Å²) in [5.74, 6) is 0. The Balaban J connectivity index is 2.00. The van der Waals surface area contributed by atoms with Crippen molar-refractivity contribution >= 4 is 37.6 Å². The summed E-state index contributed by atoms with van der Waals surface area (Å²) in [4.78, 5) is 2.62.